The van der Waals surface area contributed by atoms with Crippen LogP contribution in [0.5, 0.6) is 11.5 Å². The number of ether oxygens (including phenoxy) is 2. The minimum absolute atomic E-state index is 0.547. The Hall–Kier alpha value is -3.32. The summed E-state index contributed by atoms with van der Waals surface area (Å²) in [4.78, 5) is 9.76. The van der Waals surface area contributed by atoms with E-state index in [1.165, 1.54) is 0 Å². The van der Waals surface area contributed by atoms with Gasteiger partial charge < -0.3 is 18.5 Å². The summed E-state index contributed by atoms with van der Waals surface area (Å²) >= 11 is 1.55. The van der Waals surface area contributed by atoms with E-state index in [0.717, 1.165) is 39.0 Å². The molecule has 0 saturated heterocycles. The van der Waals surface area contributed by atoms with Gasteiger partial charge in [-0.15, -0.1) is 11.3 Å². The molecular formula is C21H19N3O3S. The highest BCUT2D eigenvalue weighted by Gasteiger charge is 2.15. The maximum atomic E-state index is 5.59. The lowest BCUT2D eigenvalue weighted by Crippen LogP contribution is -2.16. The van der Waals surface area contributed by atoms with Crippen LogP contribution >= 0.6 is 11.3 Å². The minimum Gasteiger partial charge on any atom is -0.497 e. The van der Waals surface area contributed by atoms with Crippen molar-refractivity contribution >= 4 is 17.0 Å². The first kappa shape index (κ1) is 18.1. The van der Waals surface area contributed by atoms with E-state index in [9.17, 15) is 0 Å². The average Bonchev–Trinajstić information content (AvgIpc) is 3.39. The van der Waals surface area contributed by atoms with Crippen LogP contribution in [0.15, 0.2) is 75.9 Å². The van der Waals surface area contributed by atoms with Crippen molar-refractivity contribution in [1.82, 2.24) is 9.55 Å². The lowest BCUT2D eigenvalue weighted by Gasteiger charge is -2.13. The molecule has 0 atom stereocenters. The number of furan rings is 1. The fraction of sp³-hybridized carbons (Fsp3) is 0.143. The first-order chi connectivity index (χ1) is 13.8. The van der Waals surface area contributed by atoms with Crippen LogP contribution in [0.1, 0.15) is 5.76 Å². The van der Waals surface area contributed by atoms with Crippen LogP contribution in [0.3, 0.4) is 0 Å². The second kappa shape index (κ2) is 8.14. The molecule has 1 aromatic carbocycles. The Labute approximate surface area is 166 Å². The molecule has 0 amide bonds. The second-order valence-electron chi connectivity index (χ2n) is 5.96. The molecule has 0 N–H and O–H groups in total. The molecule has 7 heteroatoms. The molecule has 0 aliphatic rings. The van der Waals surface area contributed by atoms with Crippen molar-refractivity contribution in [2.45, 2.75) is 6.54 Å². The molecule has 3 aromatic heterocycles. The molecule has 0 bridgehead atoms. The number of pyridine rings is 1. The van der Waals surface area contributed by atoms with E-state index in [2.05, 4.69) is 14.9 Å². The minimum atomic E-state index is 0.547. The standard InChI is InChI=1S/C21H19N3O3S/c1-25-16-7-8-20(26-2)18(11-16)19-14-28-21(23-15-5-3-9-22-12-15)24(19)13-17-6-4-10-27-17/h3-12,14H,13H2,1-2H3. The van der Waals surface area contributed by atoms with E-state index in [4.69, 9.17) is 18.9 Å². The molecule has 0 aliphatic carbocycles. The van der Waals surface area contributed by atoms with Gasteiger partial charge in [-0.1, -0.05) is 0 Å². The largest absolute Gasteiger partial charge is 0.497 e. The van der Waals surface area contributed by atoms with Crippen LogP contribution in [0.2, 0.25) is 0 Å². The molecule has 0 saturated carbocycles. The number of methoxy groups -OCH3 is 2. The van der Waals surface area contributed by atoms with Gasteiger partial charge in [-0.2, -0.15) is 0 Å². The summed E-state index contributed by atoms with van der Waals surface area (Å²) in [5.41, 5.74) is 2.69. The molecule has 3 heterocycles. The third kappa shape index (κ3) is 3.70. The van der Waals surface area contributed by atoms with Crippen LogP contribution < -0.4 is 14.3 Å². The summed E-state index contributed by atoms with van der Waals surface area (Å²) in [6.07, 6.45) is 5.14. The molecule has 0 unspecified atom stereocenters. The predicted octanol–water partition coefficient (Wildman–Crippen LogP) is 4.50. The molecule has 0 aliphatic heterocycles. The molecule has 4 aromatic rings. The number of aromatic nitrogens is 2. The lowest BCUT2D eigenvalue weighted by molar-refractivity contribution is 0.404. The Kier molecular flexibility index (Phi) is 5.25. The highest BCUT2D eigenvalue weighted by molar-refractivity contribution is 7.07. The van der Waals surface area contributed by atoms with Crippen molar-refractivity contribution in [3.05, 3.63) is 77.1 Å². The van der Waals surface area contributed by atoms with E-state index < -0.39 is 0 Å². The van der Waals surface area contributed by atoms with Gasteiger partial charge in [-0.25, -0.2) is 4.99 Å². The zero-order valence-corrected chi connectivity index (χ0v) is 16.3. The van der Waals surface area contributed by atoms with Gasteiger partial charge in [0.2, 0.25) is 0 Å². The van der Waals surface area contributed by atoms with Gasteiger partial charge in [0.15, 0.2) is 4.80 Å². The maximum Gasteiger partial charge on any atom is 0.190 e. The fourth-order valence-corrected chi connectivity index (χ4v) is 3.81. The van der Waals surface area contributed by atoms with E-state index in [0.29, 0.717) is 6.54 Å². The third-order valence-corrected chi connectivity index (χ3v) is 5.11. The fourth-order valence-electron chi connectivity index (χ4n) is 2.89. The maximum absolute atomic E-state index is 5.59. The normalized spacial score (nSPS) is 11.6. The van der Waals surface area contributed by atoms with Gasteiger partial charge in [-0.3, -0.25) is 4.98 Å². The molecule has 142 valence electrons. The van der Waals surface area contributed by atoms with Crippen LogP contribution in [0, 0.1) is 0 Å². The summed E-state index contributed by atoms with van der Waals surface area (Å²) in [6, 6.07) is 13.4. The Morgan fingerprint density at radius 3 is 2.79 bits per heavy atom. The Balaban J connectivity index is 1.90. The SMILES string of the molecule is COc1ccc(OC)c(-c2csc(=Nc3cccnc3)n2Cc2ccco2)c1. The number of nitrogens with zero attached hydrogens (tertiary/aromatic N) is 3. The Bertz CT molecular complexity index is 1120. The third-order valence-electron chi connectivity index (χ3n) is 4.24. The van der Waals surface area contributed by atoms with Crippen LogP contribution in [0.25, 0.3) is 11.3 Å². The number of hydrogen-bond acceptors (Lipinski definition) is 6. The molecule has 0 fully saturated rings. The topological polar surface area (TPSA) is 61.8 Å². The first-order valence-corrected chi connectivity index (χ1v) is 9.54. The predicted molar refractivity (Wildman–Crippen MR) is 108 cm³/mol. The summed E-state index contributed by atoms with van der Waals surface area (Å²) in [5.74, 6) is 2.37. The molecule has 4 rings (SSSR count). The van der Waals surface area contributed by atoms with Gasteiger partial charge in [0.25, 0.3) is 0 Å². The van der Waals surface area contributed by atoms with Crippen molar-refractivity contribution in [2.24, 2.45) is 4.99 Å². The van der Waals surface area contributed by atoms with Crippen molar-refractivity contribution in [1.29, 1.82) is 0 Å². The van der Waals surface area contributed by atoms with E-state index >= 15 is 0 Å². The van der Waals surface area contributed by atoms with Crippen molar-refractivity contribution in [3.63, 3.8) is 0 Å². The highest BCUT2D eigenvalue weighted by Crippen LogP contribution is 2.34. The summed E-state index contributed by atoms with van der Waals surface area (Å²) in [5, 5.41) is 2.06. The lowest BCUT2D eigenvalue weighted by atomic mass is 10.1. The van der Waals surface area contributed by atoms with E-state index in [1.807, 2.05) is 42.5 Å². The van der Waals surface area contributed by atoms with Crippen molar-refractivity contribution < 1.29 is 13.9 Å². The van der Waals surface area contributed by atoms with Gasteiger partial charge in [0.05, 0.1) is 44.6 Å². The summed E-state index contributed by atoms with van der Waals surface area (Å²) < 4.78 is 18.7. The quantitative estimate of drug-likeness (QED) is 0.484. The number of thiazole rings is 1. The second-order valence-corrected chi connectivity index (χ2v) is 6.79. The van der Waals surface area contributed by atoms with Gasteiger partial charge >= 0.3 is 0 Å². The highest BCUT2D eigenvalue weighted by atomic mass is 32.1. The molecule has 0 spiro atoms. The zero-order valence-electron chi connectivity index (χ0n) is 15.5. The van der Waals surface area contributed by atoms with E-state index in [1.54, 1.807) is 44.2 Å². The molecular weight excluding hydrogens is 374 g/mol. The average molecular weight is 393 g/mol. The van der Waals surface area contributed by atoms with Crippen LogP contribution in [-0.2, 0) is 6.54 Å². The summed E-state index contributed by atoms with van der Waals surface area (Å²) in [6.45, 7) is 0.547. The van der Waals surface area contributed by atoms with E-state index in [-0.39, 0.29) is 0 Å². The molecule has 0 radical (unpaired) electrons. The summed E-state index contributed by atoms with van der Waals surface area (Å²) in [7, 11) is 3.31. The Morgan fingerprint density at radius 1 is 1.14 bits per heavy atom. The number of benzene rings is 1. The molecule has 6 nitrogen and oxygen atoms in total. The zero-order chi connectivity index (χ0) is 19.3. The number of rotatable bonds is 6. The smallest absolute Gasteiger partial charge is 0.190 e. The van der Waals surface area contributed by atoms with Crippen LogP contribution in [0.4, 0.5) is 5.69 Å². The van der Waals surface area contributed by atoms with Crippen molar-refractivity contribution in [3.8, 4) is 22.8 Å². The molecule has 28 heavy (non-hydrogen) atoms. The monoisotopic (exact) mass is 393 g/mol. The number of hydrogen-bond donors (Lipinski definition) is 0. The Morgan fingerprint density at radius 2 is 2.07 bits per heavy atom. The van der Waals surface area contributed by atoms with Gasteiger partial charge in [0, 0.05) is 17.1 Å². The van der Waals surface area contributed by atoms with Crippen molar-refractivity contribution in [2.75, 3.05) is 14.2 Å². The first-order valence-electron chi connectivity index (χ1n) is 8.66. The van der Waals surface area contributed by atoms with Gasteiger partial charge in [0.1, 0.15) is 17.3 Å². The van der Waals surface area contributed by atoms with Gasteiger partial charge in [-0.05, 0) is 42.5 Å². The van der Waals surface area contributed by atoms with Crippen LogP contribution in [-0.4, -0.2) is 23.8 Å².